The number of hydrogen-bond acceptors (Lipinski definition) is 5. The van der Waals surface area contributed by atoms with Crippen LogP contribution in [0.4, 0.5) is 0 Å². The zero-order chi connectivity index (χ0) is 17.6. The molecule has 0 aliphatic carbocycles. The van der Waals surface area contributed by atoms with E-state index in [1.54, 1.807) is 4.90 Å². The Morgan fingerprint density at radius 2 is 1.96 bits per heavy atom. The molecule has 2 amide bonds. The molecule has 0 unspecified atom stereocenters. The Balaban J connectivity index is 1.55. The average molecular weight is 359 g/mol. The lowest BCUT2D eigenvalue weighted by molar-refractivity contribution is -0.134. The van der Waals surface area contributed by atoms with E-state index in [0.29, 0.717) is 39.2 Å². The third-order valence-electron chi connectivity index (χ3n) is 4.17. The molecule has 0 radical (unpaired) electrons. The fourth-order valence-electron chi connectivity index (χ4n) is 2.70. The zero-order valence-electron chi connectivity index (χ0n) is 14.2. The summed E-state index contributed by atoms with van der Waals surface area (Å²) >= 11 is 1.53. The highest BCUT2D eigenvalue weighted by Gasteiger charge is 2.22. The van der Waals surface area contributed by atoms with Crippen molar-refractivity contribution in [2.45, 2.75) is 20.0 Å². The molecule has 3 rings (SSSR count). The van der Waals surface area contributed by atoms with E-state index in [1.807, 2.05) is 42.2 Å². The molecule has 0 bridgehead atoms. The number of para-hydroxylation sites is 1. The minimum Gasteiger partial charge on any atom is -0.486 e. The van der Waals surface area contributed by atoms with Crippen LogP contribution in [-0.2, 0) is 22.6 Å². The highest BCUT2D eigenvalue weighted by Crippen LogP contribution is 2.21. The summed E-state index contributed by atoms with van der Waals surface area (Å²) in [5.74, 6) is 0.897. The summed E-state index contributed by atoms with van der Waals surface area (Å²) < 4.78 is 5.72. The van der Waals surface area contributed by atoms with Crippen LogP contribution < -0.4 is 4.74 Å². The minimum atomic E-state index is 0.0906. The second kappa shape index (κ2) is 8.11. The van der Waals surface area contributed by atoms with Gasteiger partial charge in [-0.15, -0.1) is 11.3 Å². The predicted octanol–water partition coefficient (Wildman–Crippen LogP) is 1.87. The van der Waals surface area contributed by atoms with Crippen molar-refractivity contribution in [1.29, 1.82) is 0 Å². The van der Waals surface area contributed by atoms with Crippen molar-refractivity contribution in [2.24, 2.45) is 0 Å². The molecule has 2 heterocycles. The SMILES string of the molecule is Cc1nc(COc2ccccc2)sc1CC(=O)N1CCN(C=O)CC1. The molecule has 1 aliphatic heterocycles. The van der Waals surface area contributed by atoms with Gasteiger partial charge < -0.3 is 14.5 Å². The van der Waals surface area contributed by atoms with E-state index in [4.69, 9.17) is 4.74 Å². The van der Waals surface area contributed by atoms with E-state index in [2.05, 4.69) is 4.98 Å². The summed E-state index contributed by atoms with van der Waals surface area (Å²) in [7, 11) is 0. The highest BCUT2D eigenvalue weighted by molar-refractivity contribution is 7.11. The van der Waals surface area contributed by atoms with Gasteiger partial charge in [-0.2, -0.15) is 0 Å². The van der Waals surface area contributed by atoms with Crippen molar-refractivity contribution in [3.63, 3.8) is 0 Å². The number of carbonyl (C=O) groups excluding carboxylic acids is 2. The lowest BCUT2D eigenvalue weighted by Gasteiger charge is -2.32. The maximum absolute atomic E-state index is 12.5. The largest absolute Gasteiger partial charge is 0.486 e. The van der Waals surface area contributed by atoms with Gasteiger partial charge in [0, 0.05) is 31.1 Å². The maximum Gasteiger partial charge on any atom is 0.228 e. The summed E-state index contributed by atoms with van der Waals surface area (Å²) in [6.07, 6.45) is 1.20. The Bertz CT molecular complexity index is 724. The van der Waals surface area contributed by atoms with Crippen LogP contribution in [0.1, 0.15) is 15.6 Å². The van der Waals surface area contributed by atoms with Crippen LogP contribution in [0, 0.1) is 6.92 Å². The number of piperazine rings is 1. The number of amides is 2. The lowest BCUT2D eigenvalue weighted by atomic mass is 10.2. The van der Waals surface area contributed by atoms with Crippen molar-refractivity contribution < 1.29 is 14.3 Å². The van der Waals surface area contributed by atoms with Crippen LogP contribution in [0.2, 0.25) is 0 Å². The smallest absolute Gasteiger partial charge is 0.228 e. The summed E-state index contributed by atoms with van der Waals surface area (Å²) in [5, 5.41) is 0.870. The number of carbonyl (C=O) groups is 2. The maximum atomic E-state index is 12.5. The average Bonchev–Trinajstić information content (AvgIpc) is 3.00. The van der Waals surface area contributed by atoms with E-state index in [0.717, 1.165) is 27.7 Å². The summed E-state index contributed by atoms with van der Waals surface area (Å²) in [5.41, 5.74) is 0.886. The molecule has 25 heavy (non-hydrogen) atoms. The first kappa shape index (κ1) is 17.4. The number of nitrogens with zero attached hydrogens (tertiary/aromatic N) is 3. The van der Waals surface area contributed by atoms with E-state index >= 15 is 0 Å². The van der Waals surface area contributed by atoms with Crippen LogP contribution in [0.5, 0.6) is 5.75 Å². The number of rotatable bonds is 6. The van der Waals surface area contributed by atoms with E-state index in [-0.39, 0.29) is 5.91 Å². The van der Waals surface area contributed by atoms with Crippen LogP contribution in [0.25, 0.3) is 0 Å². The Morgan fingerprint density at radius 1 is 1.24 bits per heavy atom. The molecule has 0 saturated carbocycles. The number of aryl methyl sites for hydroxylation is 1. The zero-order valence-corrected chi connectivity index (χ0v) is 15.0. The van der Waals surface area contributed by atoms with Gasteiger partial charge in [-0.05, 0) is 19.1 Å². The van der Waals surface area contributed by atoms with Gasteiger partial charge in [0.15, 0.2) is 0 Å². The van der Waals surface area contributed by atoms with Gasteiger partial charge in [0.25, 0.3) is 0 Å². The molecule has 1 aromatic heterocycles. The first-order valence-corrected chi connectivity index (χ1v) is 9.07. The monoisotopic (exact) mass is 359 g/mol. The van der Waals surface area contributed by atoms with Gasteiger partial charge in [-0.3, -0.25) is 9.59 Å². The first-order chi connectivity index (χ1) is 12.2. The second-order valence-electron chi connectivity index (χ2n) is 5.92. The lowest BCUT2D eigenvalue weighted by Crippen LogP contribution is -2.48. The first-order valence-electron chi connectivity index (χ1n) is 8.26. The standard InChI is InChI=1S/C18H21N3O3S/c1-14-16(11-18(23)21-9-7-20(13-22)8-10-21)25-17(19-14)12-24-15-5-3-2-4-6-15/h2-6,13H,7-12H2,1H3. The topological polar surface area (TPSA) is 62.7 Å². The van der Waals surface area contributed by atoms with Crippen molar-refractivity contribution in [2.75, 3.05) is 26.2 Å². The van der Waals surface area contributed by atoms with Gasteiger partial charge in [0.05, 0.1) is 12.1 Å². The summed E-state index contributed by atoms with van der Waals surface area (Å²) in [4.78, 5) is 32.2. The van der Waals surface area contributed by atoms with Gasteiger partial charge in [-0.25, -0.2) is 4.98 Å². The van der Waals surface area contributed by atoms with Crippen molar-refractivity contribution in [3.8, 4) is 5.75 Å². The molecule has 1 fully saturated rings. The van der Waals surface area contributed by atoms with Crippen LogP contribution in [0.3, 0.4) is 0 Å². The molecule has 0 N–H and O–H groups in total. The number of hydrogen-bond donors (Lipinski definition) is 0. The summed E-state index contributed by atoms with van der Waals surface area (Å²) in [6.45, 7) is 4.73. The Hall–Kier alpha value is -2.41. The van der Waals surface area contributed by atoms with Gasteiger partial charge in [-0.1, -0.05) is 18.2 Å². The predicted molar refractivity (Wildman–Crippen MR) is 95.5 cm³/mol. The highest BCUT2D eigenvalue weighted by atomic mass is 32.1. The molecular weight excluding hydrogens is 338 g/mol. The van der Waals surface area contributed by atoms with Gasteiger partial charge in [0.2, 0.25) is 12.3 Å². The van der Waals surface area contributed by atoms with E-state index in [1.165, 1.54) is 11.3 Å². The van der Waals surface area contributed by atoms with Crippen molar-refractivity contribution in [3.05, 3.63) is 45.9 Å². The Kier molecular flexibility index (Phi) is 5.65. The van der Waals surface area contributed by atoms with Gasteiger partial charge in [0.1, 0.15) is 17.4 Å². The molecule has 1 saturated heterocycles. The minimum absolute atomic E-state index is 0.0906. The molecule has 7 heteroatoms. The van der Waals surface area contributed by atoms with Crippen LogP contribution in [0.15, 0.2) is 30.3 Å². The van der Waals surface area contributed by atoms with Crippen molar-refractivity contribution in [1.82, 2.24) is 14.8 Å². The van der Waals surface area contributed by atoms with E-state index < -0.39 is 0 Å². The number of aromatic nitrogens is 1. The molecule has 0 spiro atoms. The molecule has 0 atom stereocenters. The fourth-order valence-corrected chi connectivity index (χ4v) is 3.68. The molecule has 132 valence electrons. The number of ether oxygens (including phenoxy) is 1. The number of benzene rings is 1. The summed E-state index contributed by atoms with van der Waals surface area (Å²) in [6, 6.07) is 9.61. The van der Waals surface area contributed by atoms with E-state index in [9.17, 15) is 9.59 Å². The fraction of sp³-hybridized carbons (Fsp3) is 0.389. The van der Waals surface area contributed by atoms with Crippen LogP contribution >= 0.6 is 11.3 Å². The Morgan fingerprint density at radius 3 is 2.64 bits per heavy atom. The third kappa shape index (κ3) is 4.57. The second-order valence-corrected chi connectivity index (χ2v) is 7.09. The quantitative estimate of drug-likeness (QED) is 0.739. The Labute approximate surface area is 151 Å². The number of thiazole rings is 1. The molecule has 6 nitrogen and oxygen atoms in total. The van der Waals surface area contributed by atoms with Gasteiger partial charge >= 0.3 is 0 Å². The normalized spacial score (nSPS) is 14.4. The molecule has 2 aromatic rings. The third-order valence-corrected chi connectivity index (χ3v) is 5.30. The molecular formula is C18H21N3O3S. The molecule has 1 aliphatic rings. The molecule has 1 aromatic carbocycles. The van der Waals surface area contributed by atoms with Crippen LogP contribution in [-0.4, -0.2) is 53.3 Å². The van der Waals surface area contributed by atoms with Crippen molar-refractivity contribution >= 4 is 23.7 Å².